The molecule has 1 fully saturated rings. The van der Waals surface area contributed by atoms with Gasteiger partial charge in [0.15, 0.2) is 6.04 Å². The molecule has 122 valence electrons. The molecular weight excluding hydrogens is 295 g/mol. The third kappa shape index (κ3) is 4.00. The van der Waals surface area contributed by atoms with Crippen LogP contribution in [0.25, 0.3) is 0 Å². The molecule has 0 aliphatic carbocycles. The SMILES string of the molecule is CCOC(=O)[C@@H]1CCCC[NH+]1Cc1ccccc1C(F)(F)F. The van der Waals surface area contributed by atoms with Gasteiger partial charge in [-0.1, -0.05) is 18.2 Å². The Balaban J connectivity index is 2.19. The number of esters is 1. The molecule has 0 amide bonds. The molecule has 1 N–H and O–H groups in total. The monoisotopic (exact) mass is 316 g/mol. The van der Waals surface area contributed by atoms with Crippen molar-refractivity contribution in [2.75, 3.05) is 13.2 Å². The number of halogens is 3. The second-order valence-corrected chi connectivity index (χ2v) is 5.54. The van der Waals surface area contributed by atoms with E-state index in [1.54, 1.807) is 13.0 Å². The van der Waals surface area contributed by atoms with Gasteiger partial charge in [-0.25, -0.2) is 4.79 Å². The molecule has 1 aromatic carbocycles. The van der Waals surface area contributed by atoms with E-state index < -0.39 is 11.7 Å². The summed E-state index contributed by atoms with van der Waals surface area (Å²) in [5.41, 5.74) is -0.378. The van der Waals surface area contributed by atoms with Crippen LogP contribution >= 0.6 is 0 Å². The fourth-order valence-corrected chi connectivity index (χ4v) is 3.01. The molecule has 2 atom stereocenters. The molecule has 0 spiro atoms. The van der Waals surface area contributed by atoms with E-state index in [1.165, 1.54) is 12.1 Å². The molecule has 3 nitrogen and oxygen atoms in total. The zero-order valence-electron chi connectivity index (χ0n) is 12.6. The summed E-state index contributed by atoms with van der Waals surface area (Å²) >= 11 is 0. The first kappa shape index (κ1) is 16.8. The fraction of sp³-hybridized carbons (Fsp3) is 0.562. The van der Waals surface area contributed by atoms with E-state index in [9.17, 15) is 18.0 Å². The first-order valence-electron chi connectivity index (χ1n) is 7.59. The molecule has 22 heavy (non-hydrogen) atoms. The number of carbonyl (C=O) groups is 1. The minimum atomic E-state index is -4.37. The van der Waals surface area contributed by atoms with Crippen molar-refractivity contribution in [2.24, 2.45) is 0 Å². The summed E-state index contributed by atoms with van der Waals surface area (Å²) in [7, 11) is 0. The van der Waals surface area contributed by atoms with Crippen molar-refractivity contribution >= 4 is 5.97 Å². The van der Waals surface area contributed by atoms with Gasteiger partial charge in [0.2, 0.25) is 0 Å². The number of rotatable bonds is 4. The second-order valence-electron chi connectivity index (χ2n) is 5.54. The average Bonchev–Trinajstić information content (AvgIpc) is 2.47. The quantitative estimate of drug-likeness (QED) is 0.864. The van der Waals surface area contributed by atoms with Gasteiger partial charge >= 0.3 is 12.1 Å². The van der Waals surface area contributed by atoms with Crippen molar-refractivity contribution in [3.05, 3.63) is 35.4 Å². The lowest BCUT2D eigenvalue weighted by Gasteiger charge is -2.31. The molecule has 1 unspecified atom stereocenters. The van der Waals surface area contributed by atoms with Crippen LogP contribution in [0.5, 0.6) is 0 Å². The van der Waals surface area contributed by atoms with Crippen LogP contribution in [-0.4, -0.2) is 25.2 Å². The minimum Gasteiger partial charge on any atom is -0.462 e. The molecule has 1 heterocycles. The lowest BCUT2D eigenvalue weighted by molar-refractivity contribution is -0.935. The predicted molar refractivity (Wildman–Crippen MR) is 75.2 cm³/mol. The predicted octanol–water partition coefficient (Wildman–Crippen LogP) is 2.21. The first-order valence-corrected chi connectivity index (χ1v) is 7.59. The summed E-state index contributed by atoms with van der Waals surface area (Å²) in [5, 5.41) is 0. The summed E-state index contributed by atoms with van der Waals surface area (Å²) in [6, 6.07) is 5.22. The van der Waals surface area contributed by atoms with Gasteiger partial charge < -0.3 is 9.64 Å². The molecule has 1 saturated heterocycles. The van der Waals surface area contributed by atoms with E-state index in [2.05, 4.69) is 0 Å². The van der Waals surface area contributed by atoms with Gasteiger partial charge in [0, 0.05) is 12.0 Å². The largest absolute Gasteiger partial charge is 0.462 e. The lowest BCUT2D eigenvalue weighted by Crippen LogP contribution is -3.16. The van der Waals surface area contributed by atoms with Gasteiger partial charge in [-0.2, -0.15) is 13.2 Å². The number of hydrogen-bond acceptors (Lipinski definition) is 2. The van der Waals surface area contributed by atoms with E-state index in [1.807, 2.05) is 0 Å². The smallest absolute Gasteiger partial charge is 0.416 e. The van der Waals surface area contributed by atoms with Crippen LogP contribution in [0, 0.1) is 0 Å². The van der Waals surface area contributed by atoms with Crippen molar-refractivity contribution in [1.29, 1.82) is 0 Å². The highest BCUT2D eigenvalue weighted by Gasteiger charge is 2.37. The minimum absolute atomic E-state index is 0.194. The third-order valence-electron chi connectivity index (χ3n) is 4.04. The average molecular weight is 316 g/mol. The van der Waals surface area contributed by atoms with E-state index in [0.717, 1.165) is 23.8 Å². The van der Waals surface area contributed by atoms with Crippen molar-refractivity contribution in [1.82, 2.24) is 0 Å². The Morgan fingerprint density at radius 1 is 1.32 bits per heavy atom. The number of alkyl halides is 3. The van der Waals surface area contributed by atoms with Crippen LogP contribution in [0.2, 0.25) is 0 Å². The lowest BCUT2D eigenvalue weighted by atomic mass is 9.99. The van der Waals surface area contributed by atoms with E-state index in [-0.39, 0.29) is 24.1 Å². The first-order chi connectivity index (χ1) is 10.4. The normalized spacial score (nSPS) is 22.4. The van der Waals surface area contributed by atoms with Crippen molar-refractivity contribution in [2.45, 2.75) is 44.9 Å². The topological polar surface area (TPSA) is 30.7 Å². The summed E-state index contributed by atoms with van der Waals surface area (Å²) in [5.74, 6) is -0.304. The zero-order valence-corrected chi connectivity index (χ0v) is 12.6. The highest BCUT2D eigenvalue weighted by Crippen LogP contribution is 2.31. The number of likely N-dealkylation sites (tertiary alicyclic amines) is 1. The van der Waals surface area contributed by atoms with Crippen LogP contribution in [0.15, 0.2) is 24.3 Å². The highest BCUT2D eigenvalue weighted by molar-refractivity contribution is 5.74. The zero-order chi connectivity index (χ0) is 16.2. The Morgan fingerprint density at radius 2 is 2.05 bits per heavy atom. The van der Waals surface area contributed by atoms with Gasteiger partial charge in [-0.15, -0.1) is 0 Å². The molecule has 6 heteroatoms. The molecule has 1 aromatic rings. The number of piperidine rings is 1. The molecule has 0 bridgehead atoms. The van der Waals surface area contributed by atoms with Crippen molar-refractivity contribution in [3.63, 3.8) is 0 Å². The second kappa shape index (κ2) is 7.13. The maximum atomic E-state index is 13.1. The van der Waals surface area contributed by atoms with Crippen molar-refractivity contribution < 1.29 is 27.6 Å². The Morgan fingerprint density at radius 3 is 2.73 bits per heavy atom. The number of ether oxygens (including phenoxy) is 1. The van der Waals surface area contributed by atoms with E-state index >= 15 is 0 Å². The van der Waals surface area contributed by atoms with Crippen LogP contribution in [0.3, 0.4) is 0 Å². The standard InChI is InChI=1S/C16H20F3NO2/c1-2-22-15(21)14-9-5-6-10-20(14)11-12-7-3-4-8-13(12)16(17,18)19/h3-4,7-8,14H,2,5-6,9-11H2,1H3/p+1/t14-/m0/s1. The summed E-state index contributed by atoms with van der Waals surface area (Å²) in [6.07, 6.45) is -1.87. The molecular formula is C16H21F3NO2+. The summed E-state index contributed by atoms with van der Waals surface area (Å²) in [4.78, 5) is 12.9. The van der Waals surface area contributed by atoms with Crippen LogP contribution < -0.4 is 4.90 Å². The van der Waals surface area contributed by atoms with Gasteiger partial charge in [-0.3, -0.25) is 0 Å². The van der Waals surface area contributed by atoms with Gasteiger partial charge in [-0.05, 0) is 25.8 Å². The van der Waals surface area contributed by atoms with E-state index in [4.69, 9.17) is 4.74 Å². The fourth-order valence-electron chi connectivity index (χ4n) is 3.01. The third-order valence-corrected chi connectivity index (χ3v) is 4.04. The number of nitrogens with one attached hydrogen (secondary N) is 1. The van der Waals surface area contributed by atoms with Crippen LogP contribution in [0.4, 0.5) is 13.2 Å². The highest BCUT2D eigenvalue weighted by atomic mass is 19.4. The number of hydrogen-bond donors (Lipinski definition) is 1. The number of benzene rings is 1. The van der Waals surface area contributed by atoms with Gasteiger partial charge in [0.05, 0.1) is 18.7 Å². The van der Waals surface area contributed by atoms with Crippen LogP contribution in [-0.2, 0) is 22.3 Å². The number of carbonyl (C=O) groups excluding carboxylic acids is 1. The number of quaternary nitrogens is 1. The maximum Gasteiger partial charge on any atom is 0.416 e. The molecule has 2 rings (SSSR count). The molecule has 0 aromatic heterocycles. The Kier molecular flexibility index (Phi) is 5.45. The molecule has 0 saturated carbocycles. The summed E-state index contributed by atoms with van der Waals surface area (Å²) < 4.78 is 44.3. The van der Waals surface area contributed by atoms with E-state index in [0.29, 0.717) is 19.6 Å². The summed E-state index contributed by atoms with van der Waals surface area (Å²) in [6.45, 7) is 2.91. The molecule has 1 aliphatic heterocycles. The maximum absolute atomic E-state index is 13.1. The Hall–Kier alpha value is -1.56. The Labute approximate surface area is 128 Å². The van der Waals surface area contributed by atoms with Gasteiger partial charge in [0.25, 0.3) is 0 Å². The van der Waals surface area contributed by atoms with Crippen molar-refractivity contribution in [3.8, 4) is 0 Å². The molecule has 1 aliphatic rings. The Bertz CT molecular complexity index is 516. The molecule has 0 radical (unpaired) electrons. The van der Waals surface area contributed by atoms with Gasteiger partial charge in [0.1, 0.15) is 6.54 Å². The van der Waals surface area contributed by atoms with Crippen LogP contribution in [0.1, 0.15) is 37.3 Å².